The molecule has 1 saturated carbocycles. The molecule has 0 radical (unpaired) electrons. The third-order valence-electron chi connectivity index (χ3n) is 2.24. The van der Waals surface area contributed by atoms with Gasteiger partial charge in [-0.3, -0.25) is 0 Å². The van der Waals surface area contributed by atoms with E-state index in [1.165, 1.54) is 12.8 Å². The molecule has 0 unspecified atom stereocenters. The topological polar surface area (TPSA) is 33.0 Å². The first-order valence-electron chi connectivity index (χ1n) is 4.62. The zero-order valence-electron chi connectivity index (χ0n) is 7.66. The molecular formula is C11H10ClNO. The molecule has 0 spiro atoms. The van der Waals surface area contributed by atoms with Crippen molar-refractivity contribution >= 4 is 11.6 Å². The number of nitriles is 1. The fourth-order valence-electron chi connectivity index (χ4n) is 1.20. The summed E-state index contributed by atoms with van der Waals surface area (Å²) in [7, 11) is 0. The Morgan fingerprint density at radius 2 is 2.29 bits per heavy atom. The molecule has 1 aliphatic carbocycles. The van der Waals surface area contributed by atoms with E-state index in [-0.39, 0.29) is 0 Å². The minimum Gasteiger partial charge on any atom is -0.492 e. The molecule has 0 N–H and O–H groups in total. The minimum atomic E-state index is 0.551. The zero-order chi connectivity index (χ0) is 9.97. The second-order valence-corrected chi connectivity index (χ2v) is 3.94. The quantitative estimate of drug-likeness (QED) is 0.764. The van der Waals surface area contributed by atoms with Gasteiger partial charge in [-0.2, -0.15) is 5.26 Å². The molecule has 1 aromatic carbocycles. The van der Waals surface area contributed by atoms with Crippen molar-refractivity contribution in [3.05, 3.63) is 28.8 Å². The summed E-state index contributed by atoms with van der Waals surface area (Å²) >= 11 is 5.82. The average Bonchev–Trinajstić information content (AvgIpc) is 2.98. The zero-order valence-corrected chi connectivity index (χ0v) is 8.42. The maximum Gasteiger partial charge on any atom is 0.138 e. The Morgan fingerprint density at radius 3 is 2.93 bits per heavy atom. The molecule has 2 nitrogen and oxygen atoms in total. The van der Waals surface area contributed by atoms with Crippen LogP contribution in [-0.2, 0) is 0 Å². The van der Waals surface area contributed by atoms with Gasteiger partial charge in [0, 0.05) is 11.1 Å². The summed E-state index contributed by atoms with van der Waals surface area (Å²) in [5.74, 6) is 1.28. The van der Waals surface area contributed by atoms with Crippen molar-refractivity contribution in [2.45, 2.75) is 12.8 Å². The van der Waals surface area contributed by atoms with Crippen LogP contribution in [0.4, 0.5) is 0 Å². The van der Waals surface area contributed by atoms with Crippen LogP contribution < -0.4 is 4.74 Å². The van der Waals surface area contributed by atoms with Gasteiger partial charge in [0.15, 0.2) is 0 Å². The highest BCUT2D eigenvalue weighted by atomic mass is 35.5. The fraction of sp³-hybridized carbons (Fsp3) is 0.364. The van der Waals surface area contributed by atoms with E-state index in [9.17, 15) is 0 Å². The summed E-state index contributed by atoms with van der Waals surface area (Å²) in [5, 5.41) is 9.42. The monoisotopic (exact) mass is 207 g/mol. The third-order valence-corrected chi connectivity index (χ3v) is 2.47. The van der Waals surface area contributed by atoms with Gasteiger partial charge in [-0.25, -0.2) is 0 Å². The fourth-order valence-corrected chi connectivity index (χ4v) is 1.36. The maximum atomic E-state index is 8.82. The van der Waals surface area contributed by atoms with Crippen LogP contribution in [0.15, 0.2) is 18.2 Å². The molecule has 0 aliphatic heterocycles. The number of halogens is 1. The Hall–Kier alpha value is -1.20. The number of ether oxygens (including phenoxy) is 1. The van der Waals surface area contributed by atoms with Gasteiger partial charge < -0.3 is 4.74 Å². The van der Waals surface area contributed by atoms with Crippen LogP contribution in [0.1, 0.15) is 18.4 Å². The van der Waals surface area contributed by atoms with Gasteiger partial charge in [0.05, 0.1) is 12.2 Å². The lowest BCUT2D eigenvalue weighted by molar-refractivity contribution is 0.299. The van der Waals surface area contributed by atoms with Gasteiger partial charge >= 0.3 is 0 Å². The van der Waals surface area contributed by atoms with Gasteiger partial charge in [0.25, 0.3) is 0 Å². The molecule has 0 aromatic heterocycles. The number of nitrogens with zero attached hydrogens (tertiary/aromatic N) is 1. The minimum absolute atomic E-state index is 0.551. The first-order chi connectivity index (χ1) is 6.79. The molecule has 0 saturated heterocycles. The van der Waals surface area contributed by atoms with Crippen molar-refractivity contribution in [2.75, 3.05) is 6.61 Å². The molecule has 3 heteroatoms. The van der Waals surface area contributed by atoms with E-state index in [2.05, 4.69) is 6.07 Å². The first-order valence-corrected chi connectivity index (χ1v) is 5.00. The molecule has 14 heavy (non-hydrogen) atoms. The molecule has 0 heterocycles. The second kappa shape index (κ2) is 3.89. The van der Waals surface area contributed by atoms with Crippen LogP contribution in [0.25, 0.3) is 0 Å². The van der Waals surface area contributed by atoms with Crippen LogP contribution >= 0.6 is 11.6 Å². The molecule has 0 atom stereocenters. The lowest BCUT2D eigenvalue weighted by Gasteiger charge is -2.06. The molecular weight excluding hydrogens is 198 g/mol. The molecule has 0 amide bonds. The highest BCUT2D eigenvalue weighted by molar-refractivity contribution is 6.30. The number of hydrogen-bond donors (Lipinski definition) is 0. The number of rotatable bonds is 3. The summed E-state index contributed by atoms with van der Waals surface area (Å²) in [6.07, 6.45) is 2.48. The van der Waals surface area contributed by atoms with Crippen molar-refractivity contribution in [1.29, 1.82) is 5.26 Å². The van der Waals surface area contributed by atoms with Gasteiger partial charge in [0.1, 0.15) is 11.8 Å². The Labute approximate surface area is 88.1 Å². The highest BCUT2D eigenvalue weighted by Gasteiger charge is 2.22. The van der Waals surface area contributed by atoms with Crippen molar-refractivity contribution in [1.82, 2.24) is 0 Å². The lowest BCUT2D eigenvalue weighted by atomic mass is 10.2. The van der Waals surface area contributed by atoms with Gasteiger partial charge in [-0.05, 0) is 30.9 Å². The van der Waals surface area contributed by atoms with Crippen molar-refractivity contribution in [3.63, 3.8) is 0 Å². The standard InChI is InChI=1S/C11H10ClNO/c12-10-4-3-9(6-13)11(5-10)14-7-8-1-2-8/h3-5,8H,1-2,7H2. The summed E-state index contributed by atoms with van der Waals surface area (Å²) in [6.45, 7) is 0.703. The Bertz CT molecular complexity index is 379. The number of benzene rings is 1. The van der Waals surface area contributed by atoms with Gasteiger partial charge in [0.2, 0.25) is 0 Å². The van der Waals surface area contributed by atoms with Crippen molar-refractivity contribution in [2.24, 2.45) is 5.92 Å². The van der Waals surface area contributed by atoms with Crippen LogP contribution in [0, 0.1) is 17.2 Å². The van der Waals surface area contributed by atoms with E-state index in [4.69, 9.17) is 21.6 Å². The van der Waals surface area contributed by atoms with E-state index in [1.54, 1.807) is 18.2 Å². The van der Waals surface area contributed by atoms with E-state index in [1.807, 2.05) is 0 Å². The van der Waals surface area contributed by atoms with E-state index in [0.717, 1.165) is 0 Å². The molecule has 1 aromatic rings. The Balaban J connectivity index is 2.12. The predicted molar refractivity (Wildman–Crippen MR) is 54.4 cm³/mol. The van der Waals surface area contributed by atoms with Gasteiger partial charge in [-0.1, -0.05) is 11.6 Å². The normalized spacial score (nSPS) is 14.9. The summed E-state index contributed by atoms with van der Waals surface area (Å²) < 4.78 is 5.53. The summed E-state index contributed by atoms with van der Waals surface area (Å²) in [4.78, 5) is 0. The average molecular weight is 208 g/mol. The van der Waals surface area contributed by atoms with Crippen LogP contribution in [-0.4, -0.2) is 6.61 Å². The third kappa shape index (κ3) is 2.18. The molecule has 72 valence electrons. The predicted octanol–water partition coefficient (Wildman–Crippen LogP) is 3.00. The number of hydrogen-bond acceptors (Lipinski definition) is 2. The second-order valence-electron chi connectivity index (χ2n) is 3.51. The van der Waals surface area contributed by atoms with Crippen molar-refractivity contribution in [3.8, 4) is 11.8 Å². The molecule has 2 rings (SSSR count). The van der Waals surface area contributed by atoms with Crippen molar-refractivity contribution < 1.29 is 4.74 Å². The highest BCUT2D eigenvalue weighted by Crippen LogP contribution is 2.31. The first kappa shape index (κ1) is 9.36. The van der Waals surface area contributed by atoms with E-state index < -0.39 is 0 Å². The molecule has 1 aliphatic rings. The Morgan fingerprint density at radius 1 is 1.50 bits per heavy atom. The maximum absolute atomic E-state index is 8.82. The lowest BCUT2D eigenvalue weighted by Crippen LogP contribution is -2.00. The van der Waals surface area contributed by atoms with E-state index in [0.29, 0.717) is 28.9 Å². The van der Waals surface area contributed by atoms with E-state index >= 15 is 0 Å². The Kier molecular flexibility index (Phi) is 2.60. The summed E-state index contributed by atoms with van der Waals surface area (Å²) in [5.41, 5.74) is 0.551. The van der Waals surface area contributed by atoms with Crippen LogP contribution in [0.5, 0.6) is 5.75 Å². The summed E-state index contributed by atoms with van der Waals surface area (Å²) in [6, 6.07) is 7.16. The van der Waals surface area contributed by atoms with Crippen LogP contribution in [0.3, 0.4) is 0 Å². The smallest absolute Gasteiger partial charge is 0.138 e. The SMILES string of the molecule is N#Cc1ccc(Cl)cc1OCC1CC1. The molecule has 1 fully saturated rings. The largest absolute Gasteiger partial charge is 0.492 e. The van der Waals surface area contributed by atoms with Crippen LogP contribution in [0.2, 0.25) is 5.02 Å². The molecule has 0 bridgehead atoms. The van der Waals surface area contributed by atoms with Gasteiger partial charge in [-0.15, -0.1) is 0 Å².